The maximum absolute atomic E-state index is 13.5. The van der Waals surface area contributed by atoms with E-state index >= 15 is 0 Å². The van der Waals surface area contributed by atoms with E-state index in [-0.39, 0.29) is 24.1 Å². The van der Waals surface area contributed by atoms with E-state index in [2.05, 4.69) is 11.4 Å². The van der Waals surface area contributed by atoms with Gasteiger partial charge in [-0.2, -0.15) is 5.26 Å². The second-order valence-corrected chi connectivity index (χ2v) is 8.28. The minimum Gasteiger partial charge on any atom is -0.497 e. The van der Waals surface area contributed by atoms with Crippen LogP contribution in [0.1, 0.15) is 49.3 Å². The van der Waals surface area contributed by atoms with Crippen LogP contribution in [0.25, 0.3) is 5.57 Å². The van der Waals surface area contributed by atoms with Crippen molar-refractivity contribution in [3.63, 3.8) is 0 Å². The van der Waals surface area contributed by atoms with Crippen LogP contribution in [-0.4, -0.2) is 36.4 Å². The Labute approximate surface area is 188 Å². The molecule has 1 unspecified atom stereocenters. The summed E-state index contributed by atoms with van der Waals surface area (Å²) < 4.78 is 5.25. The molecule has 1 aliphatic carbocycles. The molecule has 6 nitrogen and oxygen atoms in total. The summed E-state index contributed by atoms with van der Waals surface area (Å²) in [5, 5.41) is 12.9. The molecule has 0 bridgehead atoms. The number of carbonyl (C=O) groups is 2. The van der Waals surface area contributed by atoms with E-state index in [0.717, 1.165) is 31.2 Å². The molecule has 0 spiro atoms. The Hall–Kier alpha value is -3.59. The van der Waals surface area contributed by atoms with Crippen LogP contribution in [0.2, 0.25) is 0 Å². The van der Waals surface area contributed by atoms with Crippen LogP contribution < -0.4 is 10.1 Å². The Balaban J connectivity index is 1.67. The summed E-state index contributed by atoms with van der Waals surface area (Å²) in [6.45, 7) is 0.209. The van der Waals surface area contributed by atoms with Crippen molar-refractivity contribution in [3.05, 3.63) is 71.3 Å². The van der Waals surface area contributed by atoms with Crippen molar-refractivity contribution in [1.82, 2.24) is 10.2 Å². The van der Waals surface area contributed by atoms with Crippen LogP contribution in [0.5, 0.6) is 5.75 Å². The lowest BCUT2D eigenvalue weighted by Gasteiger charge is -2.31. The molecule has 1 aliphatic heterocycles. The molecule has 0 radical (unpaired) electrons. The van der Waals surface area contributed by atoms with Gasteiger partial charge in [-0.05, 0) is 36.1 Å². The third-order valence-corrected chi connectivity index (χ3v) is 6.28. The van der Waals surface area contributed by atoms with Crippen LogP contribution >= 0.6 is 0 Å². The molecule has 2 amide bonds. The first-order valence-corrected chi connectivity index (χ1v) is 11.1. The smallest absolute Gasteiger partial charge is 0.266 e. The summed E-state index contributed by atoms with van der Waals surface area (Å²) in [6, 6.07) is 18.0. The minimum absolute atomic E-state index is 0.0974. The summed E-state index contributed by atoms with van der Waals surface area (Å²) in [7, 11) is 1.58. The SMILES string of the molecule is COc1ccc(C(C(=O)NC2CCCCC2)N2CC(c3ccccc3)=C(C#N)C2=O)cc1. The fourth-order valence-electron chi connectivity index (χ4n) is 4.58. The predicted octanol–water partition coefficient (Wildman–Crippen LogP) is 4.00. The van der Waals surface area contributed by atoms with E-state index in [0.29, 0.717) is 16.9 Å². The second kappa shape index (κ2) is 9.69. The normalized spacial score (nSPS) is 17.8. The van der Waals surface area contributed by atoms with Crippen molar-refractivity contribution in [2.75, 3.05) is 13.7 Å². The zero-order valence-electron chi connectivity index (χ0n) is 18.2. The topological polar surface area (TPSA) is 82.4 Å². The molecular formula is C26H27N3O3. The monoisotopic (exact) mass is 429 g/mol. The predicted molar refractivity (Wildman–Crippen MR) is 121 cm³/mol. The van der Waals surface area contributed by atoms with Crippen LogP contribution in [0.15, 0.2) is 60.2 Å². The molecule has 6 heteroatoms. The number of amides is 2. The average Bonchev–Trinajstić information content (AvgIpc) is 3.16. The van der Waals surface area contributed by atoms with E-state index in [4.69, 9.17) is 4.74 Å². The summed E-state index contributed by atoms with van der Waals surface area (Å²) in [5.41, 5.74) is 2.27. The highest BCUT2D eigenvalue weighted by atomic mass is 16.5. The van der Waals surface area contributed by atoms with Gasteiger partial charge in [-0.25, -0.2) is 0 Å². The molecule has 4 rings (SSSR count). The highest BCUT2D eigenvalue weighted by Gasteiger charge is 2.40. The van der Waals surface area contributed by atoms with Crippen molar-refractivity contribution in [3.8, 4) is 11.8 Å². The van der Waals surface area contributed by atoms with E-state index in [1.807, 2.05) is 42.5 Å². The van der Waals surface area contributed by atoms with Gasteiger partial charge in [0.15, 0.2) is 0 Å². The van der Waals surface area contributed by atoms with Crippen molar-refractivity contribution in [2.45, 2.75) is 44.2 Å². The quantitative estimate of drug-likeness (QED) is 0.752. The molecule has 1 fully saturated rings. The standard InChI is InChI=1S/C26H27N3O3/c1-32-21-14-12-19(13-15-21)24(25(30)28-20-10-6-3-7-11-20)29-17-23(22(16-27)26(29)31)18-8-4-2-5-9-18/h2,4-5,8-9,12-15,20,24H,3,6-7,10-11,17H2,1H3,(H,28,30). The number of rotatable bonds is 6. The molecule has 0 saturated heterocycles. The Bertz CT molecular complexity index is 1050. The summed E-state index contributed by atoms with van der Waals surface area (Å²) in [4.78, 5) is 28.3. The largest absolute Gasteiger partial charge is 0.497 e. The molecular weight excluding hydrogens is 402 g/mol. The van der Waals surface area contributed by atoms with Crippen LogP contribution in [0.4, 0.5) is 0 Å². The lowest BCUT2D eigenvalue weighted by molar-refractivity contribution is -0.136. The number of carbonyl (C=O) groups excluding carboxylic acids is 2. The van der Waals surface area contributed by atoms with E-state index in [1.54, 1.807) is 19.2 Å². The zero-order valence-corrected chi connectivity index (χ0v) is 18.2. The first-order chi connectivity index (χ1) is 15.6. The Kier molecular flexibility index (Phi) is 6.55. The van der Waals surface area contributed by atoms with Crippen LogP contribution in [-0.2, 0) is 9.59 Å². The molecule has 1 saturated carbocycles. The molecule has 2 aromatic rings. The summed E-state index contributed by atoms with van der Waals surface area (Å²) >= 11 is 0. The van der Waals surface area contributed by atoms with Gasteiger partial charge in [0.25, 0.3) is 5.91 Å². The first-order valence-electron chi connectivity index (χ1n) is 11.1. The van der Waals surface area contributed by atoms with Crippen LogP contribution in [0.3, 0.4) is 0 Å². The number of nitriles is 1. The number of hydrogen-bond donors (Lipinski definition) is 1. The van der Waals surface area contributed by atoms with Gasteiger partial charge in [0.2, 0.25) is 5.91 Å². The lowest BCUT2D eigenvalue weighted by atomic mass is 9.94. The van der Waals surface area contributed by atoms with Crippen LogP contribution in [0, 0.1) is 11.3 Å². The zero-order chi connectivity index (χ0) is 22.5. The van der Waals surface area contributed by atoms with Gasteiger partial charge in [0.05, 0.1) is 7.11 Å². The average molecular weight is 430 g/mol. The number of nitrogens with zero attached hydrogens (tertiary/aromatic N) is 2. The summed E-state index contributed by atoms with van der Waals surface area (Å²) in [5.74, 6) is 0.0572. The number of hydrogen-bond acceptors (Lipinski definition) is 4. The number of methoxy groups -OCH3 is 1. The lowest BCUT2D eigenvalue weighted by Crippen LogP contribution is -2.46. The number of nitrogens with one attached hydrogen (secondary N) is 1. The first kappa shape index (κ1) is 21.6. The van der Waals surface area contributed by atoms with Crippen molar-refractivity contribution in [1.29, 1.82) is 5.26 Å². The molecule has 164 valence electrons. The fraction of sp³-hybridized carbons (Fsp3) is 0.346. The summed E-state index contributed by atoms with van der Waals surface area (Å²) in [6.07, 6.45) is 5.28. The Morgan fingerprint density at radius 3 is 2.41 bits per heavy atom. The van der Waals surface area contributed by atoms with Gasteiger partial charge in [-0.15, -0.1) is 0 Å². The number of ether oxygens (including phenoxy) is 1. The van der Waals surface area contributed by atoms with Gasteiger partial charge in [0.1, 0.15) is 23.4 Å². The van der Waals surface area contributed by atoms with Gasteiger partial charge >= 0.3 is 0 Å². The molecule has 1 heterocycles. The van der Waals surface area contributed by atoms with E-state index in [1.165, 1.54) is 11.3 Å². The molecule has 2 aromatic carbocycles. The maximum Gasteiger partial charge on any atom is 0.266 e. The molecule has 1 N–H and O–H groups in total. The molecule has 32 heavy (non-hydrogen) atoms. The Morgan fingerprint density at radius 1 is 1.09 bits per heavy atom. The third-order valence-electron chi connectivity index (χ3n) is 6.28. The molecule has 0 aromatic heterocycles. The van der Waals surface area contributed by atoms with E-state index in [9.17, 15) is 14.9 Å². The van der Waals surface area contributed by atoms with Gasteiger partial charge in [0, 0.05) is 18.2 Å². The minimum atomic E-state index is -0.820. The molecule has 2 aliphatic rings. The fourth-order valence-corrected chi connectivity index (χ4v) is 4.58. The Morgan fingerprint density at radius 2 is 1.78 bits per heavy atom. The van der Waals surface area contributed by atoms with Gasteiger partial charge < -0.3 is 15.0 Å². The van der Waals surface area contributed by atoms with Crippen molar-refractivity contribution >= 4 is 17.4 Å². The highest BCUT2D eigenvalue weighted by Crippen LogP contribution is 2.35. The van der Waals surface area contributed by atoms with Gasteiger partial charge in [-0.1, -0.05) is 61.7 Å². The van der Waals surface area contributed by atoms with Crippen molar-refractivity contribution < 1.29 is 14.3 Å². The number of benzene rings is 2. The third kappa shape index (κ3) is 4.38. The van der Waals surface area contributed by atoms with Crippen molar-refractivity contribution in [2.24, 2.45) is 0 Å². The second-order valence-electron chi connectivity index (χ2n) is 8.28. The highest BCUT2D eigenvalue weighted by molar-refractivity contribution is 6.11. The maximum atomic E-state index is 13.5. The van der Waals surface area contributed by atoms with E-state index < -0.39 is 11.9 Å². The molecule has 1 atom stereocenters. The van der Waals surface area contributed by atoms with Gasteiger partial charge in [-0.3, -0.25) is 9.59 Å².